The molecule has 0 N–H and O–H groups in total. The predicted molar refractivity (Wildman–Crippen MR) is 251 cm³/mol. The maximum Gasteiger partial charge on any atom is 0.306 e. The summed E-state index contributed by atoms with van der Waals surface area (Å²) in [6.45, 7) is 6.16. The van der Waals surface area contributed by atoms with Gasteiger partial charge in [-0.1, -0.05) is 174 Å². The van der Waals surface area contributed by atoms with Crippen molar-refractivity contribution < 1.29 is 28.6 Å². The van der Waals surface area contributed by atoms with Gasteiger partial charge < -0.3 is 14.2 Å². The Hall–Kier alpha value is -4.19. The van der Waals surface area contributed by atoms with Crippen LogP contribution in [0.2, 0.25) is 0 Å². The third-order valence-electron chi connectivity index (χ3n) is 9.04. The molecular formula is C53H82O6. The van der Waals surface area contributed by atoms with E-state index in [1.54, 1.807) is 0 Å². The van der Waals surface area contributed by atoms with Crippen molar-refractivity contribution in [3.63, 3.8) is 0 Å². The van der Waals surface area contributed by atoms with Crippen molar-refractivity contribution in [2.24, 2.45) is 0 Å². The van der Waals surface area contributed by atoms with Crippen LogP contribution in [0.4, 0.5) is 0 Å². The second-order valence-electron chi connectivity index (χ2n) is 14.6. The first-order valence-electron chi connectivity index (χ1n) is 23.1. The van der Waals surface area contributed by atoms with Gasteiger partial charge in [-0.25, -0.2) is 0 Å². The molecule has 0 saturated heterocycles. The van der Waals surface area contributed by atoms with Crippen molar-refractivity contribution in [3.8, 4) is 0 Å². The highest BCUT2D eigenvalue weighted by Crippen LogP contribution is 2.11. The number of allylic oxidation sites excluding steroid dienone is 20. The molecule has 0 bridgehead atoms. The van der Waals surface area contributed by atoms with Crippen LogP contribution in [0.15, 0.2) is 122 Å². The molecule has 0 amide bonds. The molecule has 0 radical (unpaired) electrons. The molecule has 0 rings (SSSR count). The molecule has 0 aliphatic carbocycles. The smallest absolute Gasteiger partial charge is 0.306 e. The fourth-order valence-corrected chi connectivity index (χ4v) is 5.65. The summed E-state index contributed by atoms with van der Waals surface area (Å²) in [5.41, 5.74) is 0. The summed E-state index contributed by atoms with van der Waals surface area (Å²) in [7, 11) is 0. The number of ether oxygens (including phenoxy) is 3. The highest BCUT2D eigenvalue weighted by Gasteiger charge is 2.19. The Labute approximate surface area is 361 Å². The Kier molecular flexibility index (Phi) is 43.2. The first-order chi connectivity index (χ1) is 29.0. The van der Waals surface area contributed by atoms with E-state index in [9.17, 15) is 14.4 Å². The minimum atomic E-state index is -0.817. The molecule has 6 heteroatoms. The van der Waals surface area contributed by atoms with Crippen LogP contribution in [-0.2, 0) is 28.6 Å². The van der Waals surface area contributed by atoms with Crippen molar-refractivity contribution in [1.29, 1.82) is 0 Å². The van der Waals surface area contributed by atoms with Gasteiger partial charge in [-0.3, -0.25) is 14.4 Å². The SMILES string of the molecule is CC\C=C/C=C\C=C/C=C\CCCCCC(=O)OCC(COC(=O)CCCCCC/C=C\C/C=C\C/C=C\CC)OC(=O)CCCCCC/C=C\C/C=C\C/C=C\CC. The fraction of sp³-hybridized carbons (Fsp3) is 0.566. The molecule has 0 aliphatic heterocycles. The van der Waals surface area contributed by atoms with Gasteiger partial charge in [0.05, 0.1) is 0 Å². The van der Waals surface area contributed by atoms with Crippen molar-refractivity contribution in [2.75, 3.05) is 13.2 Å². The van der Waals surface area contributed by atoms with Crippen molar-refractivity contribution in [2.45, 2.75) is 181 Å². The van der Waals surface area contributed by atoms with Gasteiger partial charge in [0, 0.05) is 19.3 Å². The second kappa shape index (κ2) is 46.5. The molecular weight excluding hydrogens is 733 g/mol. The molecule has 6 nitrogen and oxygen atoms in total. The maximum atomic E-state index is 12.7. The number of hydrogen-bond acceptors (Lipinski definition) is 6. The van der Waals surface area contributed by atoms with Gasteiger partial charge in [-0.05, 0) is 103 Å². The average molecular weight is 815 g/mol. The second-order valence-corrected chi connectivity index (χ2v) is 14.6. The Morgan fingerprint density at radius 3 is 1.15 bits per heavy atom. The molecule has 1 unspecified atom stereocenters. The van der Waals surface area contributed by atoms with E-state index in [1.165, 1.54) is 0 Å². The number of hydrogen-bond donors (Lipinski definition) is 0. The van der Waals surface area contributed by atoms with E-state index in [2.05, 4.69) is 106 Å². The monoisotopic (exact) mass is 815 g/mol. The summed E-state index contributed by atoms with van der Waals surface area (Å²) >= 11 is 0. The zero-order valence-electron chi connectivity index (χ0n) is 37.5. The summed E-state index contributed by atoms with van der Waals surface area (Å²) in [5, 5.41) is 0. The molecule has 0 spiro atoms. The van der Waals surface area contributed by atoms with Gasteiger partial charge in [0.1, 0.15) is 13.2 Å². The lowest BCUT2D eigenvalue weighted by molar-refractivity contribution is -0.167. The van der Waals surface area contributed by atoms with Gasteiger partial charge in [0.15, 0.2) is 6.10 Å². The molecule has 1 atom stereocenters. The molecule has 0 heterocycles. The first-order valence-corrected chi connectivity index (χ1v) is 23.1. The minimum absolute atomic E-state index is 0.116. The van der Waals surface area contributed by atoms with Crippen molar-refractivity contribution >= 4 is 17.9 Å². The Balaban J connectivity index is 4.56. The van der Waals surface area contributed by atoms with Crippen molar-refractivity contribution in [3.05, 3.63) is 122 Å². The molecule has 0 fully saturated rings. The zero-order valence-corrected chi connectivity index (χ0v) is 37.5. The van der Waals surface area contributed by atoms with Crippen LogP contribution < -0.4 is 0 Å². The lowest BCUT2D eigenvalue weighted by Crippen LogP contribution is -2.30. The number of esters is 3. The number of carbonyl (C=O) groups excluding carboxylic acids is 3. The van der Waals surface area contributed by atoms with Crippen LogP contribution in [0.5, 0.6) is 0 Å². The number of carbonyl (C=O) groups is 3. The fourth-order valence-electron chi connectivity index (χ4n) is 5.65. The highest BCUT2D eigenvalue weighted by molar-refractivity contribution is 5.71. The minimum Gasteiger partial charge on any atom is -0.462 e. The Morgan fingerprint density at radius 1 is 0.356 bits per heavy atom. The Morgan fingerprint density at radius 2 is 0.695 bits per heavy atom. The maximum absolute atomic E-state index is 12.7. The summed E-state index contributed by atoms with van der Waals surface area (Å²) in [6, 6.07) is 0. The van der Waals surface area contributed by atoms with Gasteiger partial charge in [0.25, 0.3) is 0 Å². The van der Waals surface area contributed by atoms with E-state index in [4.69, 9.17) is 14.2 Å². The summed E-state index contributed by atoms with van der Waals surface area (Å²) < 4.78 is 16.7. The molecule has 59 heavy (non-hydrogen) atoms. The highest BCUT2D eigenvalue weighted by atomic mass is 16.6. The van der Waals surface area contributed by atoms with Gasteiger partial charge in [-0.2, -0.15) is 0 Å². The number of rotatable bonds is 39. The quantitative estimate of drug-likeness (QED) is 0.0202. The van der Waals surface area contributed by atoms with Gasteiger partial charge >= 0.3 is 17.9 Å². The summed E-state index contributed by atoms with van der Waals surface area (Å²) in [6.07, 6.45) is 63.2. The average Bonchev–Trinajstić information content (AvgIpc) is 3.23. The van der Waals surface area contributed by atoms with Crippen LogP contribution in [0.3, 0.4) is 0 Å². The Bertz CT molecular complexity index is 1300. The van der Waals surface area contributed by atoms with E-state index in [0.717, 1.165) is 135 Å². The first kappa shape index (κ1) is 54.8. The topological polar surface area (TPSA) is 78.9 Å². The molecule has 0 saturated carbocycles. The number of unbranched alkanes of at least 4 members (excludes halogenated alkanes) is 11. The predicted octanol–water partition coefficient (Wildman–Crippen LogP) is 15.0. The zero-order chi connectivity index (χ0) is 43.0. The lowest BCUT2D eigenvalue weighted by atomic mass is 10.1. The van der Waals surface area contributed by atoms with Crippen LogP contribution in [0, 0.1) is 0 Å². The molecule has 0 aromatic heterocycles. The van der Waals surface area contributed by atoms with Gasteiger partial charge in [-0.15, -0.1) is 0 Å². The van der Waals surface area contributed by atoms with Crippen molar-refractivity contribution in [1.82, 2.24) is 0 Å². The third-order valence-corrected chi connectivity index (χ3v) is 9.04. The normalized spacial score (nSPS) is 13.2. The molecule has 0 aromatic rings. The van der Waals surface area contributed by atoms with Crippen LogP contribution in [0.1, 0.15) is 175 Å². The summed E-state index contributed by atoms with van der Waals surface area (Å²) in [4.78, 5) is 37.8. The summed E-state index contributed by atoms with van der Waals surface area (Å²) in [5.74, 6) is -1.01. The lowest BCUT2D eigenvalue weighted by Gasteiger charge is -2.18. The van der Waals surface area contributed by atoms with Crippen LogP contribution >= 0.6 is 0 Å². The standard InChI is InChI=1S/C53H82O6/c1-4-7-10-13-16-19-22-25-28-31-34-37-40-43-46-52(55)58-49-50(48-57-51(54)45-42-39-36-33-30-27-24-21-18-15-12-9-6-3)59-53(56)47-44-41-38-35-32-29-26-23-20-17-14-11-8-5-2/h7-12,15-21,24-30,50H,4-6,13-14,22-23,31-49H2,1-3H3/b10-7-,11-8-,12-9-,18-15-,19-16-,20-17-,24-21-,28-25-,29-26-,30-27-. The largest absolute Gasteiger partial charge is 0.462 e. The van der Waals surface area contributed by atoms with E-state index in [1.807, 2.05) is 36.5 Å². The van der Waals surface area contributed by atoms with E-state index in [0.29, 0.717) is 12.8 Å². The molecule has 330 valence electrons. The van der Waals surface area contributed by atoms with Crippen LogP contribution in [-0.4, -0.2) is 37.2 Å². The molecule has 0 aliphatic rings. The van der Waals surface area contributed by atoms with E-state index < -0.39 is 6.10 Å². The third kappa shape index (κ3) is 44.8. The van der Waals surface area contributed by atoms with E-state index >= 15 is 0 Å². The van der Waals surface area contributed by atoms with Gasteiger partial charge in [0.2, 0.25) is 0 Å². The van der Waals surface area contributed by atoms with E-state index in [-0.39, 0.29) is 37.5 Å². The molecule has 0 aromatic carbocycles. The van der Waals surface area contributed by atoms with Crippen LogP contribution in [0.25, 0.3) is 0 Å².